The number of hydrogen-bond donors (Lipinski definition) is 1. The Morgan fingerprint density at radius 2 is 2.10 bits per heavy atom. The van der Waals surface area contributed by atoms with E-state index in [2.05, 4.69) is 0 Å². The lowest BCUT2D eigenvalue weighted by atomic mass is 9.82. The standard InChI is InChI=1S/C7H9ClO2/c8-7-1-4(2-7)5(3-7)6(9)10/h4-5H,1-3H2,(H,9,10). The average Bonchev–Trinajstić information content (AvgIpc) is 2.17. The number of carbonyl (C=O) groups is 1. The number of hydrogen-bond acceptors (Lipinski definition) is 1. The minimum Gasteiger partial charge on any atom is -0.481 e. The summed E-state index contributed by atoms with van der Waals surface area (Å²) in [5.74, 6) is -0.419. The summed E-state index contributed by atoms with van der Waals surface area (Å²) in [4.78, 5) is 10.4. The van der Waals surface area contributed by atoms with Crippen LogP contribution >= 0.6 is 11.6 Å². The number of carboxylic acid groups (broad SMARTS) is 1. The van der Waals surface area contributed by atoms with Gasteiger partial charge in [0.15, 0.2) is 0 Å². The molecule has 3 rings (SSSR count). The number of rotatable bonds is 1. The molecule has 0 aromatic carbocycles. The second-order valence-corrected chi connectivity index (χ2v) is 4.27. The molecule has 0 spiro atoms. The third-order valence-corrected chi connectivity index (χ3v) is 3.19. The topological polar surface area (TPSA) is 37.3 Å². The predicted molar refractivity (Wildman–Crippen MR) is 37.1 cm³/mol. The van der Waals surface area contributed by atoms with Crippen LogP contribution in [0, 0.1) is 11.8 Å². The molecule has 56 valence electrons. The molecule has 0 radical (unpaired) electrons. The molecule has 0 aromatic rings. The van der Waals surface area contributed by atoms with Crippen LogP contribution in [0.15, 0.2) is 0 Å². The summed E-state index contributed by atoms with van der Waals surface area (Å²) >= 11 is 6.01. The van der Waals surface area contributed by atoms with Crippen molar-refractivity contribution in [1.29, 1.82) is 0 Å². The SMILES string of the molecule is O=C(O)C1CC2(Cl)CC1C2. The Bertz CT molecular complexity index is 184. The van der Waals surface area contributed by atoms with Crippen molar-refractivity contribution in [2.75, 3.05) is 0 Å². The Morgan fingerprint density at radius 1 is 1.50 bits per heavy atom. The smallest absolute Gasteiger partial charge is 0.306 e. The number of aliphatic carboxylic acids is 1. The summed E-state index contributed by atoms with van der Waals surface area (Å²) in [5, 5.41) is 8.67. The molecular weight excluding hydrogens is 152 g/mol. The van der Waals surface area contributed by atoms with Gasteiger partial charge in [-0.15, -0.1) is 11.6 Å². The van der Waals surface area contributed by atoms with E-state index in [-0.39, 0.29) is 10.8 Å². The van der Waals surface area contributed by atoms with Crippen LogP contribution in [0.25, 0.3) is 0 Å². The van der Waals surface area contributed by atoms with Crippen LogP contribution in [0.3, 0.4) is 0 Å². The summed E-state index contributed by atoms with van der Waals surface area (Å²) < 4.78 is 0. The normalized spacial score (nSPS) is 50.5. The van der Waals surface area contributed by atoms with Crippen molar-refractivity contribution in [3.8, 4) is 0 Å². The molecule has 2 bridgehead atoms. The number of alkyl halides is 1. The van der Waals surface area contributed by atoms with Crippen molar-refractivity contribution < 1.29 is 9.90 Å². The lowest BCUT2D eigenvalue weighted by Gasteiger charge is -2.31. The van der Waals surface area contributed by atoms with Crippen LogP contribution in [0.4, 0.5) is 0 Å². The van der Waals surface area contributed by atoms with Gasteiger partial charge in [-0.3, -0.25) is 4.79 Å². The Morgan fingerprint density at radius 3 is 2.30 bits per heavy atom. The molecule has 0 heterocycles. The largest absolute Gasteiger partial charge is 0.481 e. The molecular formula is C7H9ClO2. The highest BCUT2D eigenvalue weighted by Crippen LogP contribution is 2.59. The van der Waals surface area contributed by atoms with E-state index in [4.69, 9.17) is 16.7 Å². The van der Waals surface area contributed by atoms with Crippen molar-refractivity contribution in [1.82, 2.24) is 0 Å². The quantitative estimate of drug-likeness (QED) is 0.590. The molecule has 3 aliphatic rings. The predicted octanol–water partition coefficient (Wildman–Crippen LogP) is 1.48. The minimum absolute atomic E-state index is 0.117. The van der Waals surface area contributed by atoms with Gasteiger partial charge in [-0.1, -0.05) is 0 Å². The van der Waals surface area contributed by atoms with Gasteiger partial charge in [0.2, 0.25) is 0 Å². The first-order valence-electron chi connectivity index (χ1n) is 3.52. The van der Waals surface area contributed by atoms with Crippen LogP contribution in [-0.4, -0.2) is 16.0 Å². The fourth-order valence-corrected chi connectivity index (χ4v) is 2.74. The maximum Gasteiger partial charge on any atom is 0.306 e. The second-order valence-electron chi connectivity index (χ2n) is 3.47. The lowest BCUT2D eigenvalue weighted by molar-refractivity contribution is -0.142. The zero-order chi connectivity index (χ0) is 7.35. The van der Waals surface area contributed by atoms with Gasteiger partial charge >= 0.3 is 5.97 Å². The van der Waals surface area contributed by atoms with E-state index in [0.29, 0.717) is 12.3 Å². The Balaban J connectivity index is 2.12. The fourth-order valence-electron chi connectivity index (χ4n) is 2.18. The molecule has 3 aliphatic carbocycles. The first-order chi connectivity index (χ1) is 4.61. The van der Waals surface area contributed by atoms with Gasteiger partial charge in [-0.25, -0.2) is 0 Å². The third kappa shape index (κ3) is 0.685. The molecule has 1 atom stereocenters. The number of fused-ring (bicyclic) bond motifs is 1. The molecule has 0 amide bonds. The zero-order valence-electron chi connectivity index (χ0n) is 5.51. The first-order valence-corrected chi connectivity index (χ1v) is 3.90. The highest BCUT2D eigenvalue weighted by atomic mass is 35.5. The van der Waals surface area contributed by atoms with Crippen LogP contribution in [0.1, 0.15) is 19.3 Å². The van der Waals surface area contributed by atoms with Gasteiger partial charge in [0.25, 0.3) is 0 Å². The van der Waals surface area contributed by atoms with Gasteiger partial charge in [0, 0.05) is 4.87 Å². The molecule has 1 N–H and O–H groups in total. The van der Waals surface area contributed by atoms with Crippen molar-refractivity contribution >= 4 is 17.6 Å². The molecule has 0 aromatic heterocycles. The Labute approximate surface area is 64.2 Å². The van der Waals surface area contributed by atoms with Crippen LogP contribution in [-0.2, 0) is 4.79 Å². The molecule has 1 unspecified atom stereocenters. The maximum atomic E-state index is 10.5. The van der Waals surface area contributed by atoms with E-state index in [1.807, 2.05) is 0 Å². The van der Waals surface area contributed by atoms with Crippen LogP contribution in [0.5, 0.6) is 0 Å². The van der Waals surface area contributed by atoms with Gasteiger partial charge in [-0.05, 0) is 25.2 Å². The van der Waals surface area contributed by atoms with Crippen LogP contribution in [0.2, 0.25) is 0 Å². The summed E-state index contributed by atoms with van der Waals surface area (Å²) in [6.07, 6.45) is 2.53. The van der Waals surface area contributed by atoms with E-state index in [1.165, 1.54) is 0 Å². The zero-order valence-corrected chi connectivity index (χ0v) is 6.27. The van der Waals surface area contributed by atoms with Crippen LogP contribution < -0.4 is 0 Å². The molecule has 0 aliphatic heterocycles. The Hall–Kier alpha value is -0.240. The van der Waals surface area contributed by atoms with Gasteiger partial charge in [-0.2, -0.15) is 0 Å². The van der Waals surface area contributed by atoms with E-state index in [1.54, 1.807) is 0 Å². The highest BCUT2D eigenvalue weighted by molar-refractivity contribution is 6.25. The maximum absolute atomic E-state index is 10.5. The van der Waals surface area contributed by atoms with Crippen molar-refractivity contribution in [3.63, 3.8) is 0 Å². The van der Waals surface area contributed by atoms with Crippen molar-refractivity contribution in [3.05, 3.63) is 0 Å². The van der Waals surface area contributed by atoms with E-state index in [9.17, 15) is 4.79 Å². The summed E-state index contributed by atoms with van der Waals surface area (Å²) in [6, 6.07) is 0. The second kappa shape index (κ2) is 1.67. The molecule has 10 heavy (non-hydrogen) atoms. The summed E-state index contributed by atoms with van der Waals surface area (Å²) in [6.45, 7) is 0. The van der Waals surface area contributed by atoms with Gasteiger partial charge in [0.1, 0.15) is 0 Å². The number of halogens is 1. The monoisotopic (exact) mass is 160 g/mol. The van der Waals surface area contributed by atoms with Crippen molar-refractivity contribution in [2.45, 2.75) is 24.1 Å². The fraction of sp³-hybridized carbons (Fsp3) is 0.857. The molecule has 2 nitrogen and oxygen atoms in total. The van der Waals surface area contributed by atoms with E-state index >= 15 is 0 Å². The molecule has 3 saturated carbocycles. The number of carboxylic acids is 1. The third-order valence-electron chi connectivity index (χ3n) is 2.73. The molecule has 3 fully saturated rings. The lowest BCUT2D eigenvalue weighted by Crippen LogP contribution is -2.29. The van der Waals surface area contributed by atoms with Gasteiger partial charge < -0.3 is 5.11 Å². The van der Waals surface area contributed by atoms with E-state index in [0.717, 1.165) is 12.8 Å². The minimum atomic E-state index is -0.662. The Kier molecular flexibility index (Phi) is 1.08. The van der Waals surface area contributed by atoms with Gasteiger partial charge in [0.05, 0.1) is 5.92 Å². The first kappa shape index (κ1) is 6.47. The average molecular weight is 161 g/mol. The highest BCUT2D eigenvalue weighted by Gasteiger charge is 2.57. The summed E-state index contributed by atoms with van der Waals surface area (Å²) in [5.41, 5.74) is 0. The van der Waals surface area contributed by atoms with E-state index < -0.39 is 5.97 Å². The summed E-state index contributed by atoms with van der Waals surface area (Å²) in [7, 11) is 0. The molecule has 3 heteroatoms. The molecule has 0 saturated heterocycles. The van der Waals surface area contributed by atoms with Crippen molar-refractivity contribution in [2.24, 2.45) is 11.8 Å².